The zero-order chi connectivity index (χ0) is 12.7. The third-order valence-corrected chi connectivity index (χ3v) is 3.21. The van der Waals surface area contributed by atoms with E-state index < -0.39 is 0 Å². The van der Waals surface area contributed by atoms with Gasteiger partial charge in [0.2, 0.25) is 0 Å². The predicted octanol–water partition coefficient (Wildman–Crippen LogP) is 2.03. The van der Waals surface area contributed by atoms with E-state index in [1.54, 1.807) is 13.4 Å². The van der Waals surface area contributed by atoms with Crippen molar-refractivity contribution in [2.75, 3.05) is 26.8 Å². The van der Waals surface area contributed by atoms with E-state index >= 15 is 0 Å². The Morgan fingerprint density at radius 2 is 2.29 bits per heavy atom. The molecule has 0 saturated carbocycles. The van der Waals surface area contributed by atoms with Crippen LogP contribution in [0, 0.1) is 0 Å². The molecule has 0 aliphatic rings. The van der Waals surface area contributed by atoms with Gasteiger partial charge in [-0.15, -0.1) is 0 Å². The summed E-state index contributed by atoms with van der Waals surface area (Å²) in [5.74, 6) is 0.934. The molecule has 4 nitrogen and oxygen atoms in total. The summed E-state index contributed by atoms with van der Waals surface area (Å²) in [6, 6.07) is 4.49. The first-order chi connectivity index (χ1) is 8.24. The van der Waals surface area contributed by atoms with Crippen molar-refractivity contribution in [3.8, 4) is 0 Å². The molecule has 17 heavy (non-hydrogen) atoms. The minimum Gasteiger partial charge on any atom is -0.468 e. The number of hydrogen-bond acceptors (Lipinski definition) is 4. The quantitative estimate of drug-likeness (QED) is 0.755. The van der Waals surface area contributed by atoms with Crippen LogP contribution in [-0.2, 0) is 4.74 Å². The highest BCUT2D eigenvalue weighted by Gasteiger charge is 2.24. The van der Waals surface area contributed by atoms with Gasteiger partial charge in [0.05, 0.1) is 18.9 Å². The highest BCUT2D eigenvalue weighted by molar-refractivity contribution is 5.05. The lowest BCUT2D eigenvalue weighted by Crippen LogP contribution is -2.41. The Morgan fingerprint density at radius 3 is 2.76 bits per heavy atom. The van der Waals surface area contributed by atoms with Gasteiger partial charge in [0, 0.05) is 26.2 Å². The van der Waals surface area contributed by atoms with E-state index in [1.807, 2.05) is 12.1 Å². The molecule has 0 aliphatic carbocycles. The van der Waals surface area contributed by atoms with Gasteiger partial charge >= 0.3 is 0 Å². The summed E-state index contributed by atoms with van der Waals surface area (Å²) in [7, 11) is 1.72. The van der Waals surface area contributed by atoms with E-state index in [2.05, 4.69) is 18.7 Å². The minimum absolute atomic E-state index is 0.134. The summed E-state index contributed by atoms with van der Waals surface area (Å²) >= 11 is 0. The van der Waals surface area contributed by atoms with E-state index in [-0.39, 0.29) is 6.04 Å². The monoisotopic (exact) mass is 240 g/mol. The maximum absolute atomic E-state index is 5.89. The average molecular weight is 240 g/mol. The van der Waals surface area contributed by atoms with E-state index in [0.717, 1.165) is 18.7 Å². The summed E-state index contributed by atoms with van der Waals surface area (Å²) < 4.78 is 10.6. The smallest absolute Gasteiger partial charge is 0.122 e. The normalized spacial score (nSPS) is 15.1. The fourth-order valence-electron chi connectivity index (χ4n) is 2.01. The number of nitrogens with two attached hydrogens (primary N) is 1. The SMILES string of the molecule is CCC(C)N(CCOC)C(CN)c1ccco1. The Hall–Kier alpha value is -0.840. The molecule has 1 aromatic rings. The van der Waals surface area contributed by atoms with Gasteiger partial charge in [-0.2, -0.15) is 0 Å². The molecule has 1 aromatic heterocycles. The Bertz CT molecular complexity index is 288. The average Bonchev–Trinajstić information content (AvgIpc) is 2.87. The number of nitrogens with zero attached hydrogens (tertiary/aromatic N) is 1. The number of hydrogen-bond donors (Lipinski definition) is 1. The van der Waals surface area contributed by atoms with Crippen molar-refractivity contribution in [3.63, 3.8) is 0 Å². The van der Waals surface area contributed by atoms with Crippen LogP contribution in [-0.4, -0.2) is 37.7 Å². The molecule has 0 bridgehead atoms. The van der Waals surface area contributed by atoms with Gasteiger partial charge in [0.1, 0.15) is 5.76 Å². The standard InChI is InChI=1S/C13H24N2O2/c1-4-11(2)15(7-9-16-3)12(10-14)13-6-5-8-17-13/h5-6,8,11-12H,4,7,9-10,14H2,1-3H3. The van der Waals surface area contributed by atoms with Crippen molar-refractivity contribution >= 4 is 0 Å². The Kier molecular flexibility index (Phi) is 6.26. The van der Waals surface area contributed by atoms with Crippen LogP contribution in [0.15, 0.2) is 22.8 Å². The zero-order valence-corrected chi connectivity index (χ0v) is 11.1. The van der Waals surface area contributed by atoms with E-state index in [0.29, 0.717) is 19.2 Å². The van der Waals surface area contributed by atoms with Gasteiger partial charge < -0.3 is 14.9 Å². The summed E-state index contributed by atoms with van der Waals surface area (Å²) in [4.78, 5) is 2.35. The molecule has 1 heterocycles. The molecule has 0 aromatic carbocycles. The molecular formula is C13H24N2O2. The first-order valence-corrected chi connectivity index (χ1v) is 6.22. The lowest BCUT2D eigenvalue weighted by atomic mass is 10.1. The van der Waals surface area contributed by atoms with Gasteiger partial charge in [-0.05, 0) is 25.5 Å². The number of methoxy groups -OCH3 is 1. The van der Waals surface area contributed by atoms with E-state index in [9.17, 15) is 0 Å². The molecule has 2 atom stereocenters. The van der Waals surface area contributed by atoms with Crippen molar-refractivity contribution in [2.45, 2.75) is 32.4 Å². The summed E-state index contributed by atoms with van der Waals surface area (Å²) in [5, 5.41) is 0. The second-order valence-electron chi connectivity index (χ2n) is 4.25. The molecule has 98 valence electrons. The Morgan fingerprint density at radius 1 is 1.53 bits per heavy atom. The minimum atomic E-state index is 0.134. The predicted molar refractivity (Wildman–Crippen MR) is 68.8 cm³/mol. The molecule has 0 amide bonds. The molecule has 2 unspecified atom stereocenters. The van der Waals surface area contributed by atoms with Gasteiger partial charge in [-0.25, -0.2) is 0 Å². The third kappa shape index (κ3) is 3.84. The fourth-order valence-corrected chi connectivity index (χ4v) is 2.01. The molecular weight excluding hydrogens is 216 g/mol. The molecule has 0 saturated heterocycles. The summed E-state index contributed by atoms with van der Waals surface area (Å²) in [6.45, 7) is 6.53. The molecule has 2 N–H and O–H groups in total. The second-order valence-corrected chi connectivity index (χ2v) is 4.25. The highest BCUT2D eigenvalue weighted by atomic mass is 16.5. The van der Waals surface area contributed by atoms with Crippen molar-refractivity contribution in [1.82, 2.24) is 4.90 Å². The molecule has 4 heteroatoms. The second kappa shape index (κ2) is 7.48. The van der Waals surface area contributed by atoms with Crippen LogP contribution in [0.1, 0.15) is 32.1 Å². The fraction of sp³-hybridized carbons (Fsp3) is 0.692. The van der Waals surface area contributed by atoms with Crippen LogP contribution >= 0.6 is 0 Å². The maximum Gasteiger partial charge on any atom is 0.122 e. The van der Waals surface area contributed by atoms with Crippen LogP contribution in [0.3, 0.4) is 0 Å². The Labute approximate surface area is 104 Å². The number of rotatable bonds is 8. The van der Waals surface area contributed by atoms with Crippen LogP contribution in [0.2, 0.25) is 0 Å². The summed E-state index contributed by atoms with van der Waals surface area (Å²) in [6.07, 6.45) is 2.78. The van der Waals surface area contributed by atoms with Crippen molar-refractivity contribution < 1.29 is 9.15 Å². The highest BCUT2D eigenvalue weighted by Crippen LogP contribution is 2.23. The van der Waals surface area contributed by atoms with Crippen LogP contribution in [0.25, 0.3) is 0 Å². The van der Waals surface area contributed by atoms with Crippen molar-refractivity contribution in [3.05, 3.63) is 24.2 Å². The van der Waals surface area contributed by atoms with Crippen LogP contribution in [0.4, 0.5) is 0 Å². The molecule has 1 rings (SSSR count). The van der Waals surface area contributed by atoms with Crippen LogP contribution in [0.5, 0.6) is 0 Å². The van der Waals surface area contributed by atoms with E-state index in [4.69, 9.17) is 14.9 Å². The number of ether oxygens (including phenoxy) is 1. The first kappa shape index (κ1) is 14.2. The zero-order valence-electron chi connectivity index (χ0n) is 11.1. The Balaban J connectivity index is 2.78. The van der Waals surface area contributed by atoms with Gasteiger partial charge in [0.15, 0.2) is 0 Å². The van der Waals surface area contributed by atoms with E-state index in [1.165, 1.54) is 0 Å². The van der Waals surface area contributed by atoms with Crippen molar-refractivity contribution in [1.29, 1.82) is 0 Å². The van der Waals surface area contributed by atoms with Crippen LogP contribution < -0.4 is 5.73 Å². The topological polar surface area (TPSA) is 51.6 Å². The molecule has 0 radical (unpaired) electrons. The lowest BCUT2D eigenvalue weighted by Gasteiger charge is -2.34. The van der Waals surface area contributed by atoms with Crippen molar-refractivity contribution in [2.24, 2.45) is 5.73 Å². The largest absolute Gasteiger partial charge is 0.468 e. The van der Waals surface area contributed by atoms with Gasteiger partial charge in [-0.3, -0.25) is 4.90 Å². The molecule has 0 fully saturated rings. The molecule has 0 spiro atoms. The maximum atomic E-state index is 5.89. The number of furan rings is 1. The summed E-state index contributed by atoms with van der Waals surface area (Å²) in [5.41, 5.74) is 5.89. The van der Waals surface area contributed by atoms with Gasteiger partial charge in [0.25, 0.3) is 0 Å². The lowest BCUT2D eigenvalue weighted by molar-refractivity contribution is 0.0815. The first-order valence-electron chi connectivity index (χ1n) is 6.22. The third-order valence-electron chi connectivity index (χ3n) is 3.21. The van der Waals surface area contributed by atoms with Gasteiger partial charge in [-0.1, -0.05) is 6.92 Å². The molecule has 0 aliphatic heterocycles.